The van der Waals surface area contributed by atoms with E-state index in [4.69, 9.17) is 0 Å². The monoisotopic (exact) mass is 628 g/mol. The highest BCUT2D eigenvalue weighted by Gasteiger charge is 2.41. The lowest BCUT2D eigenvalue weighted by molar-refractivity contribution is 0.669. The first kappa shape index (κ1) is 27.6. The van der Waals surface area contributed by atoms with Crippen LogP contribution in [0.25, 0.3) is 86.2 Å². The van der Waals surface area contributed by atoms with Crippen molar-refractivity contribution in [1.29, 1.82) is 0 Å². The van der Waals surface area contributed by atoms with E-state index in [0.29, 0.717) is 0 Å². The van der Waals surface area contributed by atoms with Crippen LogP contribution >= 0.6 is 11.3 Å². The molecular weight excluding hydrogens is 597 g/mol. The Morgan fingerprint density at radius 2 is 0.812 bits per heavy atom. The molecule has 1 aliphatic rings. The summed E-state index contributed by atoms with van der Waals surface area (Å²) in [6, 6.07) is 58.5. The number of benzene rings is 8. The second-order valence-corrected chi connectivity index (χ2v) is 14.6. The second-order valence-electron chi connectivity index (χ2n) is 13.6. The molecule has 0 nitrogen and oxygen atoms in total. The van der Waals surface area contributed by atoms with E-state index in [1.807, 2.05) is 11.3 Å². The van der Waals surface area contributed by atoms with Gasteiger partial charge in [-0.15, -0.1) is 11.3 Å². The minimum Gasteiger partial charge on any atom is -0.135 e. The molecule has 0 unspecified atom stereocenters. The molecule has 0 bridgehead atoms. The third-order valence-corrected chi connectivity index (χ3v) is 11.8. The van der Waals surface area contributed by atoms with Gasteiger partial charge in [0.2, 0.25) is 0 Å². The van der Waals surface area contributed by atoms with Crippen molar-refractivity contribution in [3.05, 3.63) is 169 Å². The van der Waals surface area contributed by atoms with Gasteiger partial charge >= 0.3 is 0 Å². The average Bonchev–Trinajstić information content (AvgIpc) is 3.64. The molecule has 0 saturated heterocycles. The van der Waals surface area contributed by atoms with Crippen molar-refractivity contribution in [2.24, 2.45) is 0 Å². The van der Waals surface area contributed by atoms with Crippen LogP contribution in [0.4, 0.5) is 0 Å². The molecule has 0 atom stereocenters. The molecule has 48 heavy (non-hydrogen) atoms. The van der Waals surface area contributed by atoms with Crippen LogP contribution in [0.5, 0.6) is 0 Å². The van der Waals surface area contributed by atoms with E-state index < -0.39 is 0 Å². The van der Waals surface area contributed by atoms with Gasteiger partial charge in [0.25, 0.3) is 0 Å². The predicted molar refractivity (Wildman–Crippen MR) is 208 cm³/mol. The van der Waals surface area contributed by atoms with Crippen molar-refractivity contribution in [2.75, 3.05) is 0 Å². The van der Waals surface area contributed by atoms with Crippen LogP contribution in [-0.2, 0) is 5.41 Å². The normalized spacial score (nSPS) is 13.4. The van der Waals surface area contributed by atoms with Gasteiger partial charge in [-0.25, -0.2) is 0 Å². The molecule has 226 valence electrons. The van der Waals surface area contributed by atoms with Gasteiger partial charge in [-0.05, 0) is 93.8 Å². The van der Waals surface area contributed by atoms with Crippen molar-refractivity contribution in [2.45, 2.75) is 19.3 Å². The largest absolute Gasteiger partial charge is 0.135 e. The smallest absolute Gasteiger partial charge is 0.0399 e. The number of hydrogen-bond acceptors (Lipinski definition) is 1. The summed E-state index contributed by atoms with van der Waals surface area (Å²) in [4.78, 5) is 1.42. The van der Waals surface area contributed by atoms with Crippen LogP contribution in [0.1, 0.15) is 25.0 Å². The second kappa shape index (κ2) is 10.2. The maximum absolute atomic E-state index is 2.43. The lowest BCUT2D eigenvalue weighted by atomic mass is 9.76. The molecule has 0 saturated carbocycles. The van der Waals surface area contributed by atoms with E-state index in [2.05, 4.69) is 172 Å². The summed E-state index contributed by atoms with van der Waals surface area (Å²) in [6.07, 6.45) is 0. The fraction of sp³-hybridized carbons (Fsp3) is 0.0638. The topological polar surface area (TPSA) is 0 Å². The molecule has 1 heterocycles. The summed E-state index contributed by atoms with van der Waals surface area (Å²) in [7, 11) is 0. The van der Waals surface area contributed by atoms with Gasteiger partial charge in [-0.1, -0.05) is 166 Å². The molecule has 1 heteroatoms. The first-order chi connectivity index (χ1) is 23.6. The van der Waals surface area contributed by atoms with Crippen molar-refractivity contribution in [3.63, 3.8) is 0 Å². The van der Waals surface area contributed by atoms with Crippen LogP contribution in [0.15, 0.2) is 158 Å². The lowest BCUT2D eigenvalue weighted by Gasteiger charge is -2.27. The quantitative estimate of drug-likeness (QED) is 0.171. The lowest BCUT2D eigenvalue weighted by Crippen LogP contribution is -2.16. The summed E-state index contributed by atoms with van der Waals surface area (Å²) < 4.78 is 1.37. The maximum Gasteiger partial charge on any atom is 0.0399 e. The Morgan fingerprint density at radius 1 is 0.354 bits per heavy atom. The molecular formula is C47H32S. The van der Waals surface area contributed by atoms with Gasteiger partial charge < -0.3 is 0 Å². The fourth-order valence-corrected chi connectivity index (χ4v) is 10.1. The minimum atomic E-state index is -0.136. The van der Waals surface area contributed by atoms with Gasteiger partial charge in [-0.3, -0.25) is 0 Å². The summed E-state index contributed by atoms with van der Waals surface area (Å²) in [5.74, 6) is 0. The zero-order valence-electron chi connectivity index (χ0n) is 26.9. The highest BCUT2D eigenvalue weighted by atomic mass is 32.1. The van der Waals surface area contributed by atoms with E-state index in [9.17, 15) is 0 Å². The Kier molecular flexibility index (Phi) is 5.89. The third-order valence-electron chi connectivity index (χ3n) is 10.6. The van der Waals surface area contributed by atoms with E-state index in [0.717, 1.165) is 0 Å². The molecule has 9 aromatic rings. The zero-order valence-corrected chi connectivity index (χ0v) is 27.7. The van der Waals surface area contributed by atoms with Crippen molar-refractivity contribution in [1.82, 2.24) is 0 Å². The van der Waals surface area contributed by atoms with E-state index >= 15 is 0 Å². The SMILES string of the molecule is CC1(C)c2c(cccc2-c2c3ccccc3c(-c3ccccc3-c3cccc4ccccc34)c3ccccc23)-c2sc3ccccc3c21. The van der Waals surface area contributed by atoms with E-state index in [1.165, 1.54) is 97.4 Å². The maximum atomic E-state index is 2.43. The first-order valence-electron chi connectivity index (χ1n) is 16.8. The highest BCUT2D eigenvalue weighted by molar-refractivity contribution is 7.22. The Morgan fingerprint density at radius 3 is 1.52 bits per heavy atom. The van der Waals surface area contributed by atoms with E-state index in [1.54, 1.807) is 0 Å². The molecule has 1 aliphatic carbocycles. The van der Waals surface area contributed by atoms with Crippen LogP contribution in [0.3, 0.4) is 0 Å². The van der Waals surface area contributed by atoms with Gasteiger partial charge in [0.15, 0.2) is 0 Å². The fourth-order valence-electron chi connectivity index (χ4n) is 8.71. The molecule has 8 aromatic carbocycles. The first-order valence-corrected chi connectivity index (χ1v) is 17.6. The molecule has 0 amide bonds. The number of rotatable bonds is 3. The Bertz CT molecular complexity index is 2690. The highest BCUT2D eigenvalue weighted by Crippen LogP contribution is 2.59. The third kappa shape index (κ3) is 3.77. The van der Waals surface area contributed by atoms with E-state index in [-0.39, 0.29) is 5.41 Å². The molecule has 0 fully saturated rings. The molecule has 0 aliphatic heterocycles. The van der Waals surface area contributed by atoms with Crippen molar-refractivity contribution >= 4 is 53.7 Å². The van der Waals surface area contributed by atoms with Crippen LogP contribution in [0, 0.1) is 0 Å². The molecule has 0 spiro atoms. The minimum absolute atomic E-state index is 0.136. The molecule has 0 N–H and O–H groups in total. The Hall–Kier alpha value is -5.50. The average molecular weight is 629 g/mol. The molecule has 1 aromatic heterocycles. The van der Waals surface area contributed by atoms with Gasteiger partial charge in [0.1, 0.15) is 0 Å². The van der Waals surface area contributed by atoms with Gasteiger partial charge in [0, 0.05) is 15.0 Å². The number of fused-ring (bicyclic) bond motifs is 8. The summed E-state index contributed by atoms with van der Waals surface area (Å²) >= 11 is 1.94. The number of thiophene rings is 1. The Balaban J connectivity index is 1.30. The number of hydrogen-bond donors (Lipinski definition) is 0. The molecule has 10 rings (SSSR count). The van der Waals surface area contributed by atoms with Gasteiger partial charge in [-0.2, -0.15) is 0 Å². The van der Waals surface area contributed by atoms with Crippen LogP contribution in [-0.4, -0.2) is 0 Å². The summed E-state index contributed by atoms with van der Waals surface area (Å²) in [5.41, 5.74) is 11.9. The predicted octanol–water partition coefficient (Wildman–Crippen LogP) is 13.7. The summed E-state index contributed by atoms with van der Waals surface area (Å²) in [5, 5.41) is 9.09. The summed E-state index contributed by atoms with van der Waals surface area (Å²) in [6.45, 7) is 4.86. The van der Waals surface area contributed by atoms with Gasteiger partial charge in [0.05, 0.1) is 0 Å². The van der Waals surface area contributed by atoms with Crippen molar-refractivity contribution in [3.8, 4) is 43.8 Å². The van der Waals surface area contributed by atoms with Crippen LogP contribution < -0.4 is 0 Å². The zero-order chi connectivity index (χ0) is 32.0. The Labute approximate surface area is 284 Å². The van der Waals surface area contributed by atoms with Crippen LogP contribution in [0.2, 0.25) is 0 Å². The van der Waals surface area contributed by atoms with Crippen molar-refractivity contribution < 1.29 is 0 Å². The molecule has 0 radical (unpaired) electrons. The standard InChI is InChI=1S/C47H32S/c1-47(2)44-39(26-14-27-40(44)46-45(47)38-24-11-12-28-41(38)48-46)43-36-22-9-7-20-34(36)42(35-21-8-10-23-37(35)43)33-19-6-5-18-32(33)31-25-13-16-29-15-3-4-17-30(29)31/h3-28H,1-2H3.